The Hall–Kier alpha value is -1.50. The van der Waals surface area contributed by atoms with Crippen LogP contribution in [0, 0.1) is 10.1 Å². The molecule has 2 aliphatic rings. The Labute approximate surface area is 124 Å². The van der Waals surface area contributed by atoms with Crippen LogP contribution in [-0.2, 0) is 11.3 Å². The molecular formula is C15H21N3O3. The number of fused-ring (bicyclic) bond motifs is 1. The number of hydrogen-bond donors (Lipinski definition) is 1. The molecule has 0 saturated carbocycles. The number of non-ortho nitro benzene ring substituents is 1. The van der Waals surface area contributed by atoms with Crippen LogP contribution in [0.4, 0.5) is 5.69 Å². The molecule has 21 heavy (non-hydrogen) atoms. The number of morpholine rings is 1. The maximum atomic E-state index is 10.6. The second kappa shape index (κ2) is 6.51. The summed E-state index contributed by atoms with van der Waals surface area (Å²) in [7, 11) is 0. The molecule has 2 heterocycles. The van der Waals surface area contributed by atoms with Gasteiger partial charge in [-0.05, 0) is 24.9 Å². The molecule has 2 saturated heterocycles. The normalized spacial score (nSPS) is 25.7. The predicted octanol–water partition coefficient (Wildman–Crippen LogP) is 1.55. The van der Waals surface area contributed by atoms with Crippen LogP contribution in [0.1, 0.15) is 18.4 Å². The maximum absolute atomic E-state index is 10.6. The van der Waals surface area contributed by atoms with Crippen LogP contribution in [0.3, 0.4) is 0 Å². The van der Waals surface area contributed by atoms with Gasteiger partial charge in [0.25, 0.3) is 5.69 Å². The lowest BCUT2D eigenvalue weighted by atomic mass is 10.1. The van der Waals surface area contributed by atoms with Crippen LogP contribution >= 0.6 is 0 Å². The third kappa shape index (κ3) is 3.58. The average molecular weight is 291 g/mol. The molecule has 6 nitrogen and oxygen atoms in total. The van der Waals surface area contributed by atoms with Gasteiger partial charge in [-0.2, -0.15) is 0 Å². The Balaban J connectivity index is 1.42. The number of rotatable bonds is 5. The van der Waals surface area contributed by atoms with Crippen LogP contribution in [0.15, 0.2) is 24.3 Å². The van der Waals surface area contributed by atoms with Crippen molar-refractivity contribution in [2.75, 3.05) is 26.2 Å². The lowest BCUT2D eigenvalue weighted by molar-refractivity contribution is -0.384. The highest BCUT2D eigenvalue weighted by Gasteiger charge is 2.31. The van der Waals surface area contributed by atoms with Gasteiger partial charge < -0.3 is 10.1 Å². The zero-order chi connectivity index (χ0) is 14.7. The highest BCUT2D eigenvalue weighted by atomic mass is 16.6. The fourth-order valence-electron chi connectivity index (χ4n) is 3.12. The van der Waals surface area contributed by atoms with Gasteiger partial charge in [-0.3, -0.25) is 15.0 Å². The van der Waals surface area contributed by atoms with Gasteiger partial charge in [0.2, 0.25) is 0 Å². The standard InChI is InChI=1S/C15H21N3O3/c19-18(20)13-5-3-12(4-6-13)8-16-9-15-10-17-7-1-2-14(17)11-21-15/h3-6,14-16H,1-2,7-11H2. The summed E-state index contributed by atoms with van der Waals surface area (Å²) in [4.78, 5) is 12.7. The first-order valence-corrected chi connectivity index (χ1v) is 7.52. The van der Waals surface area contributed by atoms with Crippen molar-refractivity contribution in [2.24, 2.45) is 0 Å². The van der Waals surface area contributed by atoms with E-state index in [2.05, 4.69) is 10.2 Å². The molecule has 1 aromatic rings. The molecule has 0 aliphatic carbocycles. The highest BCUT2D eigenvalue weighted by molar-refractivity contribution is 5.32. The minimum atomic E-state index is -0.375. The van der Waals surface area contributed by atoms with Crippen molar-refractivity contribution >= 4 is 5.69 Å². The molecule has 1 aromatic carbocycles. The molecule has 0 bridgehead atoms. The second-order valence-electron chi connectivity index (χ2n) is 5.80. The van der Waals surface area contributed by atoms with Crippen molar-refractivity contribution in [2.45, 2.75) is 31.5 Å². The largest absolute Gasteiger partial charge is 0.374 e. The summed E-state index contributed by atoms with van der Waals surface area (Å²) < 4.78 is 5.89. The van der Waals surface area contributed by atoms with Crippen LogP contribution in [0.25, 0.3) is 0 Å². The van der Waals surface area contributed by atoms with Gasteiger partial charge in [0.05, 0.1) is 17.6 Å². The van der Waals surface area contributed by atoms with E-state index in [1.165, 1.54) is 19.4 Å². The van der Waals surface area contributed by atoms with Crippen LogP contribution in [-0.4, -0.2) is 48.2 Å². The van der Waals surface area contributed by atoms with Crippen molar-refractivity contribution in [3.8, 4) is 0 Å². The number of nitrogens with zero attached hydrogens (tertiary/aromatic N) is 2. The first-order valence-electron chi connectivity index (χ1n) is 7.52. The first kappa shape index (κ1) is 14.4. The van der Waals surface area contributed by atoms with E-state index in [1.807, 2.05) is 0 Å². The summed E-state index contributed by atoms with van der Waals surface area (Å²) in [6.07, 6.45) is 2.80. The summed E-state index contributed by atoms with van der Waals surface area (Å²) in [6, 6.07) is 7.31. The number of nitrogens with one attached hydrogen (secondary N) is 1. The summed E-state index contributed by atoms with van der Waals surface area (Å²) in [5.74, 6) is 0. The van der Waals surface area contributed by atoms with Crippen LogP contribution in [0.2, 0.25) is 0 Å². The van der Waals surface area contributed by atoms with E-state index in [1.54, 1.807) is 24.3 Å². The van der Waals surface area contributed by atoms with Crippen molar-refractivity contribution in [1.82, 2.24) is 10.2 Å². The molecule has 3 rings (SSSR count). The van der Waals surface area contributed by atoms with E-state index in [4.69, 9.17) is 4.74 Å². The molecule has 2 fully saturated rings. The summed E-state index contributed by atoms with van der Waals surface area (Å²) in [6.45, 7) is 4.59. The van der Waals surface area contributed by atoms with Gasteiger partial charge >= 0.3 is 0 Å². The third-order valence-corrected chi connectivity index (χ3v) is 4.31. The fourth-order valence-corrected chi connectivity index (χ4v) is 3.12. The maximum Gasteiger partial charge on any atom is 0.269 e. The van der Waals surface area contributed by atoms with Crippen molar-refractivity contribution in [3.63, 3.8) is 0 Å². The Bertz CT molecular complexity index is 491. The molecule has 1 N–H and O–H groups in total. The third-order valence-electron chi connectivity index (χ3n) is 4.31. The Morgan fingerprint density at radius 1 is 1.38 bits per heavy atom. The summed E-state index contributed by atoms with van der Waals surface area (Å²) in [5, 5.41) is 14.0. The van der Waals surface area contributed by atoms with E-state index in [-0.39, 0.29) is 16.7 Å². The Morgan fingerprint density at radius 2 is 2.19 bits per heavy atom. The van der Waals surface area contributed by atoms with E-state index >= 15 is 0 Å². The topological polar surface area (TPSA) is 67.6 Å². The van der Waals surface area contributed by atoms with Gasteiger partial charge in [0.15, 0.2) is 0 Å². The van der Waals surface area contributed by atoms with Crippen LogP contribution < -0.4 is 5.32 Å². The Kier molecular flexibility index (Phi) is 4.48. The van der Waals surface area contributed by atoms with Crippen molar-refractivity contribution < 1.29 is 9.66 Å². The van der Waals surface area contributed by atoms with Crippen LogP contribution in [0.5, 0.6) is 0 Å². The number of nitro benzene ring substituents is 1. The van der Waals surface area contributed by atoms with Crippen molar-refractivity contribution in [3.05, 3.63) is 39.9 Å². The monoisotopic (exact) mass is 291 g/mol. The number of benzene rings is 1. The molecule has 114 valence electrons. The molecule has 0 radical (unpaired) electrons. The van der Waals surface area contributed by atoms with Gasteiger partial charge in [-0.25, -0.2) is 0 Å². The smallest absolute Gasteiger partial charge is 0.269 e. The van der Waals surface area contributed by atoms with Gasteiger partial charge in [-0.15, -0.1) is 0 Å². The lowest BCUT2D eigenvalue weighted by Gasteiger charge is -2.35. The molecule has 2 unspecified atom stereocenters. The second-order valence-corrected chi connectivity index (χ2v) is 5.80. The summed E-state index contributed by atoms with van der Waals surface area (Å²) >= 11 is 0. The SMILES string of the molecule is O=[N+]([O-])c1ccc(CNCC2CN3CCCC3CO2)cc1. The average Bonchev–Trinajstić information content (AvgIpc) is 2.95. The fraction of sp³-hybridized carbons (Fsp3) is 0.600. The van der Waals surface area contributed by atoms with Gasteiger partial charge in [-0.1, -0.05) is 12.1 Å². The van der Waals surface area contributed by atoms with Gasteiger partial charge in [0, 0.05) is 37.8 Å². The zero-order valence-electron chi connectivity index (χ0n) is 12.0. The number of hydrogen-bond acceptors (Lipinski definition) is 5. The molecule has 0 spiro atoms. The minimum Gasteiger partial charge on any atom is -0.374 e. The van der Waals surface area contributed by atoms with Gasteiger partial charge in [0.1, 0.15) is 0 Å². The molecule has 2 aliphatic heterocycles. The molecule has 0 aromatic heterocycles. The molecule has 0 amide bonds. The summed E-state index contributed by atoms with van der Waals surface area (Å²) in [5.41, 5.74) is 1.19. The number of ether oxygens (including phenoxy) is 1. The first-order chi connectivity index (χ1) is 10.2. The van der Waals surface area contributed by atoms with E-state index in [9.17, 15) is 10.1 Å². The van der Waals surface area contributed by atoms with Crippen molar-refractivity contribution in [1.29, 1.82) is 0 Å². The van der Waals surface area contributed by atoms with E-state index in [0.717, 1.165) is 25.3 Å². The predicted molar refractivity (Wildman–Crippen MR) is 79.1 cm³/mol. The van der Waals surface area contributed by atoms with E-state index in [0.29, 0.717) is 12.6 Å². The quantitative estimate of drug-likeness (QED) is 0.658. The van der Waals surface area contributed by atoms with E-state index < -0.39 is 0 Å². The molecule has 6 heteroatoms. The lowest BCUT2D eigenvalue weighted by Crippen LogP contribution is -2.49. The zero-order valence-corrected chi connectivity index (χ0v) is 12.0. The molecular weight excluding hydrogens is 270 g/mol. The Morgan fingerprint density at radius 3 is 2.95 bits per heavy atom. The minimum absolute atomic E-state index is 0.134. The number of nitro groups is 1. The highest BCUT2D eigenvalue weighted by Crippen LogP contribution is 2.22. The molecule has 2 atom stereocenters.